The molecule has 0 unspecified atom stereocenters. The summed E-state index contributed by atoms with van der Waals surface area (Å²) in [5.74, 6) is -0.821. The van der Waals surface area contributed by atoms with E-state index < -0.39 is 11.6 Å². The SMILES string of the molecule is Fc1ccc(F)cc1.O. The van der Waals surface area contributed by atoms with Gasteiger partial charge in [-0.3, -0.25) is 0 Å². The molecule has 0 aliphatic heterocycles. The van der Waals surface area contributed by atoms with Gasteiger partial charge in [0.1, 0.15) is 11.6 Å². The highest BCUT2D eigenvalue weighted by Crippen LogP contribution is 1.98. The van der Waals surface area contributed by atoms with E-state index in [1.165, 1.54) is 0 Å². The van der Waals surface area contributed by atoms with E-state index in [9.17, 15) is 8.78 Å². The van der Waals surface area contributed by atoms with Crippen molar-refractivity contribution in [3.05, 3.63) is 35.9 Å². The molecule has 1 rings (SSSR count). The molecule has 0 amide bonds. The molecule has 0 bridgehead atoms. The second kappa shape index (κ2) is 3.14. The van der Waals surface area contributed by atoms with Gasteiger partial charge >= 0.3 is 0 Å². The van der Waals surface area contributed by atoms with E-state index >= 15 is 0 Å². The highest BCUT2D eigenvalue weighted by atomic mass is 19.1. The number of halogens is 2. The van der Waals surface area contributed by atoms with Gasteiger partial charge in [-0.1, -0.05) is 0 Å². The zero-order valence-corrected chi connectivity index (χ0v) is 4.57. The van der Waals surface area contributed by atoms with Crippen LogP contribution in [0.5, 0.6) is 0 Å². The van der Waals surface area contributed by atoms with Crippen LogP contribution in [0, 0.1) is 11.6 Å². The van der Waals surface area contributed by atoms with Crippen molar-refractivity contribution >= 4 is 0 Å². The van der Waals surface area contributed by atoms with Gasteiger partial charge in [-0.2, -0.15) is 0 Å². The summed E-state index contributed by atoms with van der Waals surface area (Å²) < 4.78 is 23.8. The number of hydrogen-bond donors (Lipinski definition) is 0. The van der Waals surface area contributed by atoms with Crippen molar-refractivity contribution in [2.45, 2.75) is 0 Å². The maximum absolute atomic E-state index is 11.9. The minimum Gasteiger partial charge on any atom is -0.412 e. The van der Waals surface area contributed by atoms with E-state index in [4.69, 9.17) is 0 Å². The van der Waals surface area contributed by atoms with E-state index in [0.717, 1.165) is 24.3 Å². The van der Waals surface area contributed by atoms with Crippen LogP contribution in [0.15, 0.2) is 24.3 Å². The molecule has 0 aliphatic rings. The predicted molar refractivity (Wildman–Crippen MR) is 30.0 cm³/mol. The molecule has 0 atom stereocenters. The number of benzene rings is 1. The first kappa shape index (κ1) is 8.04. The van der Waals surface area contributed by atoms with E-state index in [-0.39, 0.29) is 5.48 Å². The quantitative estimate of drug-likeness (QED) is 0.507. The van der Waals surface area contributed by atoms with Crippen molar-refractivity contribution < 1.29 is 14.3 Å². The molecular weight excluding hydrogens is 126 g/mol. The van der Waals surface area contributed by atoms with Gasteiger partial charge in [-0.05, 0) is 24.3 Å². The molecule has 0 aromatic heterocycles. The molecule has 50 valence electrons. The predicted octanol–water partition coefficient (Wildman–Crippen LogP) is 1.14. The normalized spacial score (nSPS) is 8.22. The third-order valence-electron chi connectivity index (χ3n) is 0.804. The maximum atomic E-state index is 11.9. The Bertz CT molecular complexity index is 150. The molecule has 0 spiro atoms. The molecule has 3 heteroatoms. The van der Waals surface area contributed by atoms with E-state index in [0.29, 0.717) is 0 Å². The maximum Gasteiger partial charge on any atom is 0.123 e. The van der Waals surface area contributed by atoms with Crippen molar-refractivity contribution in [2.24, 2.45) is 0 Å². The molecule has 0 saturated heterocycles. The van der Waals surface area contributed by atoms with Crippen LogP contribution in [-0.2, 0) is 0 Å². The summed E-state index contributed by atoms with van der Waals surface area (Å²) in [4.78, 5) is 0. The second-order valence-corrected chi connectivity index (χ2v) is 1.44. The van der Waals surface area contributed by atoms with Gasteiger partial charge in [0, 0.05) is 0 Å². The van der Waals surface area contributed by atoms with Crippen LogP contribution < -0.4 is 0 Å². The first-order valence-corrected chi connectivity index (χ1v) is 2.20. The van der Waals surface area contributed by atoms with Crippen molar-refractivity contribution in [1.82, 2.24) is 0 Å². The first-order chi connectivity index (χ1) is 3.79. The molecule has 0 fully saturated rings. The zero-order chi connectivity index (χ0) is 5.98. The Morgan fingerprint density at radius 1 is 0.778 bits per heavy atom. The fourth-order valence-electron chi connectivity index (χ4n) is 0.430. The minimum absolute atomic E-state index is 0. The Hall–Kier alpha value is -0.960. The van der Waals surface area contributed by atoms with Crippen molar-refractivity contribution in [1.29, 1.82) is 0 Å². The summed E-state index contributed by atoms with van der Waals surface area (Å²) in [6.07, 6.45) is 0. The molecule has 1 aromatic carbocycles. The van der Waals surface area contributed by atoms with E-state index in [1.807, 2.05) is 0 Å². The summed E-state index contributed by atoms with van der Waals surface area (Å²) in [5.41, 5.74) is 0. The van der Waals surface area contributed by atoms with Crippen molar-refractivity contribution in [2.75, 3.05) is 0 Å². The lowest BCUT2D eigenvalue weighted by molar-refractivity contribution is 0.600. The van der Waals surface area contributed by atoms with Gasteiger partial charge in [-0.15, -0.1) is 0 Å². The largest absolute Gasteiger partial charge is 0.412 e. The molecule has 0 heterocycles. The lowest BCUT2D eigenvalue weighted by Crippen LogP contribution is -1.72. The van der Waals surface area contributed by atoms with E-state index in [2.05, 4.69) is 0 Å². The van der Waals surface area contributed by atoms with Crippen LogP contribution in [0.2, 0.25) is 0 Å². The van der Waals surface area contributed by atoms with Crippen molar-refractivity contribution in [3.63, 3.8) is 0 Å². The molecule has 9 heavy (non-hydrogen) atoms. The number of rotatable bonds is 0. The molecular formula is C6H6F2O. The summed E-state index contributed by atoms with van der Waals surface area (Å²) in [6.45, 7) is 0. The third kappa shape index (κ3) is 2.19. The van der Waals surface area contributed by atoms with Gasteiger partial charge < -0.3 is 5.48 Å². The lowest BCUT2D eigenvalue weighted by Gasteiger charge is -1.83. The van der Waals surface area contributed by atoms with Crippen LogP contribution in [0.1, 0.15) is 0 Å². The minimum atomic E-state index is -0.411. The lowest BCUT2D eigenvalue weighted by atomic mass is 10.3. The highest BCUT2D eigenvalue weighted by Gasteiger charge is 1.86. The van der Waals surface area contributed by atoms with Crippen LogP contribution >= 0.6 is 0 Å². The first-order valence-electron chi connectivity index (χ1n) is 2.20. The third-order valence-corrected chi connectivity index (χ3v) is 0.804. The van der Waals surface area contributed by atoms with Gasteiger partial charge in [0.25, 0.3) is 0 Å². The van der Waals surface area contributed by atoms with Crippen LogP contribution in [0.25, 0.3) is 0 Å². The Balaban J connectivity index is 0.000000640. The van der Waals surface area contributed by atoms with Crippen LogP contribution in [-0.4, -0.2) is 5.48 Å². The number of hydrogen-bond acceptors (Lipinski definition) is 0. The molecule has 0 radical (unpaired) electrons. The molecule has 0 aliphatic carbocycles. The Labute approximate surface area is 51.2 Å². The average molecular weight is 132 g/mol. The van der Waals surface area contributed by atoms with Crippen LogP contribution in [0.3, 0.4) is 0 Å². The van der Waals surface area contributed by atoms with Gasteiger partial charge in [0.2, 0.25) is 0 Å². The molecule has 2 N–H and O–H groups in total. The van der Waals surface area contributed by atoms with Gasteiger partial charge in [0.05, 0.1) is 0 Å². The highest BCUT2D eigenvalue weighted by molar-refractivity contribution is 5.04. The zero-order valence-electron chi connectivity index (χ0n) is 4.57. The fourth-order valence-corrected chi connectivity index (χ4v) is 0.430. The van der Waals surface area contributed by atoms with Gasteiger partial charge in [0.15, 0.2) is 0 Å². The molecule has 1 aromatic rings. The standard InChI is InChI=1S/C6H4F2.H2O/c7-5-1-2-6(8)4-3-5;/h1-4H;1H2. The summed E-state index contributed by atoms with van der Waals surface area (Å²) in [7, 11) is 0. The smallest absolute Gasteiger partial charge is 0.123 e. The Morgan fingerprint density at radius 3 is 1.22 bits per heavy atom. The van der Waals surface area contributed by atoms with Gasteiger partial charge in [-0.25, -0.2) is 8.78 Å². The molecule has 0 saturated carbocycles. The topological polar surface area (TPSA) is 31.5 Å². The van der Waals surface area contributed by atoms with E-state index in [1.54, 1.807) is 0 Å². The van der Waals surface area contributed by atoms with Crippen molar-refractivity contribution in [3.8, 4) is 0 Å². The average Bonchev–Trinajstić information content (AvgIpc) is 1.77. The molecule has 1 nitrogen and oxygen atoms in total. The summed E-state index contributed by atoms with van der Waals surface area (Å²) >= 11 is 0. The monoisotopic (exact) mass is 132 g/mol. The summed E-state index contributed by atoms with van der Waals surface area (Å²) in [5, 5.41) is 0. The fraction of sp³-hybridized carbons (Fsp3) is 0. The second-order valence-electron chi connectivity index (χ2n) is 1.44. The Morgan fingerprint density at radius 2 is 1.00 bits per heavy atom. The summed E-state index contributed by atoms with van der Waals surface area (Å²) in [6, 6.07) is 4.31. The Kier molecular flexibility index (Phi) is 2.81. The van der Waals surface area contributed by atoms with Crippen LogP contribution in [0.4, 0.5) is 8.78 Å².